The van der Waals surface area contributed by atoms with Crippen molar-refractivity contribution in [2.45, 2.75) is 45.9 Å². The molecule has 1 unspecified atom stereocenters. The van der Waals surface area contributed by atoms with Crippen LogP contribution in [0.2, 0.25) is 0 Å². The Morgan fingerprint density at radius 1 is 1.09 bits per heavy atom. The first-order valence-corrected chi connectivity index (χ1v) is 15.3. The van der Waals surface area contributed by atoms with Gasteiger partial charge in [0.1, 0.15) is 22.1 Å². The van der Waals surface area contributed by atoms with E-state index >= 15 is 0 Å². The molecule has 4 aromatic rings. The van der Waals surface area contributed by atoms with Gasteiger partial charge in [-0.25, -0.2) is 9.97 Å². The summed E-state index contributed by atoms with van der Waals surface area (Å²) in [5, 5.41) is 17.4. The molecule has 3 aromatic heterocycles. The lowest BCUT2D eigenvalue weighted by Crippen LogP contribution is -2.36. The van der Waals surface area contributed by atoms with E-state index in [0.717, 1.165) is 70.9 Å². The molecule has 0 aliphatic carbocycles. The average molecular weight is 616 g/mol. The number of hydrogen-bond acceptors (Lipinski definition) is 10. The topological polar surface area (TPSA) is 108 Å². The Hall–Kier alpha value is -3.71. The van der Waals surface area contributed by atoms with Crippen LogP contribution >= 0.6 is 11.3 Å². The molecular weight excluding hydrogens is 579 g/mol. The molecule has 1 aliphatic heterocycles. The molecule has 0 spiro atoms. The third-order valence-electron chi connectivity index (χ3n) is 7.77. The Morgan fingerprint density at radius 3 is 2.53 bits per heavy atom. The van der Waals surface area contributed by atoms with E-state index in [1.165, 1.54) is 12.1 Å². The molecule has 5 rings (SSSR count). The predicted molar refractivity (Wildman–Crippen MR) is 164 cm³/mol. The molecule has 1 saturated heterocycles. The van der Waals surface area contributed by atoms with Crippen molar-refractivity contribution in [1.29, 1.82) is 0 Å². The summed E-state index contributed by atoms with van der Waals surface area (Å²) in [7, 11) is 0. The van der Waals surface area contributed by atoms with Gasteiger partial charge in [0, 0.05) is 44.7 Å². The minimum atomic E-state index is -4.70. The van der Waals surface area contributed by atoms with E-state index in [9.17, 15) is 18.3 Å². The largest absolute Gasteiger partial charge is 0.573 e. The molecule has 0 radical (unpaired) electrons. The van der Waals surface area contributed by atoms with Gasteiger partial charge in [0.15, 0.2) is 0 Å². The van der Waals surface area contributed by atoms with Crippen molar-refractivity contribution in [3.05, 3.63) is 48.4 Å². The summed E-state index contributed by atoms with van der Waals surface area (Å²) in [6.07, 6.45) is 2.39. The highest BCUT2D eigenvalue weighted by atomic mass is 32.1. The van der Waals surface area contributed by atoms with E-state index < -0.39 is 6.36 Å². The lowest BCUT2D eigenvalue weighted by molar-refractivity contribution is -0.274. The van der Waals surface area contributed by atoms with Crippen LogP contribution in [-0.4, -0.2) is 64.2 Å². The fourth-order valence-electron chi connectivity index (χ4n) is 5.23. The van der Waals surface area contributed by atoms with Gasteiger partial charge >= 0.3 is 6.36 Å². The van der Waals surface area contributed by atoms with Gasteiger partial charge in [-0.3, -0.25) is 4.98 Å². The smallest absolute Gasteiger partial charge is 0.406 e. The average Bonchev–Trinajstić information content (AvgIpc) is 3.42. The molecular formula is C30H36F3N7O2S. The molecule has 0 saturated carbocycles. The summed E-state index contributed by atoms with van der Waals surface area (Å²) in [5.41, 5.74) is 3.39. The zero-order chi connectivity index (χ0) is 30.4. The number of piperidine rings is 1. The number of aromatic nitrogens is 4. The van der Waals surface area contributed by atoms with Crippen LogP contribution in [0.1, 0.15) is 38.3 Å². The lowest BCUT2D eigenvalue weighted by Gasteiger charge is -2.33. The molecule has 1 aliphatic rings. The number of aliphatic hydroxyl groups excluding tert-OH is 1. The van der Waals surface area contributed by atoms with Crippen molar-refractivity contribution in [2.75, 3.05) is 48.3 Å². The number of ether oxygens (including phenoxy) is 1. The number of halogens is 3. The highest BCUT2D eigenvalue weighted by Gasteiger charge is 2.31. The number of thiazole rings is 1. The van der Waals surface area contributed by atoms with Gasteiger partial charge in [-0.1, -0.05) is 13.3 Å². The predicted octanol–water partition coefficient (Wildman–Crippen LogP) is 6.50. The Labute approximate surface area is 252 Å². The molecule has 230 valence electrons. The van der Waals surface area contributed by atoms with E-state index in [1.807, 2.05) is 13.0 Å². The molecule has 1 fully saturated rings. The minimum absolute atomic E-state index is 0.155. The summed E-state index contributed by atoms with van der Waals surface area (Å²) in [6, 6.07) is 7.98. The van der Waals surface area contributed by atoms with Crippen LogP contribution in [0.15, 0.2) is 42.7 Å². The fraction of sp³-hybridized carbons (Fsp3) is 0.467. The first-order valence-electron chi connectivity index (χ1n) is 14.5. The van der Waals surface area contributed by atoms with Crippen molar-refractivity contribution < 1.29 is 23.0 Å². The van der Waals surface area contributed by atoms with Crippen molar-refractivity contribution in [1.82, 2.24) is 19.9 Å². The monoisotopic (exact) mass is 615 g/mol. The number of nitrogens with zero attached hydrogens (tertiary/aromatic N) is 5. The third-order valence-corrected chi connectivity index (χ3v) is 8.83. The normalized spacial score (nSPS) is 15.1. The van der Waals surface area contributed by atoms with Gasteiger partial charge in [0.25, 0.3) is 0 Å². The number of alkyl halides is 3. The van der Waals surface area contributed by atoms with Crippen LogP contribution in [0.4, 0.5) is 30.6 Å². The summed E-state index contributed by atoms with van der Waals surface area (Å²) in [4.78, 5) is 20.8. The number of fused-ring (bicyclic) bond motifs is 1. The van der Waals surface area contributed by atoms with Gasteiger partial charge in [-0.15, -0.1) is 24.5 Å². The Balaban J connectivity index is 1.24. The number of aryl methyl sites for hydroxylation is 1. The number of benzene rings is 1. The lowest BCUT2D eigenvalue weighted by atomic mass is 9.96. The maximum atomic E-state index is 12.5. The van der Waals surface area contributed by atoms with Crippen molar-refractivity contribution in [3.63, 3.8) is 0 Å². The van der Waals surface area contributed by atoms with E-state index in [4.69, 9.17) is 15.0 Å². The van der Waals surface area contributed by atoms with Gasteiger partial charge in [-0.05, 0) is 68.4 Å². The van der Waals surface area contributed by atoms with Crippen LogP contribution in [0.5, 0.6) is 5.75 Å². The Bertz CT molecular complexity index is 1450. The number of nitrogens with one attached hydrogen (secondary N) is 2. The number of anilines is 3. The second-order valence-corrected chi connectivity index (χ2v) is 11.8. The third kappa shape index (κ3) is 8.02. The van der Waals surface area contributed by atoms with E-state index in [1.54, 1.807) is 35.9 Å². The SMILES string of the molecule is CCC(CO)CCNc1nc(NCC2CCN(c3ccc(OC(F)(F)F)cc3)CC2)nc(C)c1-c1nc2cnccc2s1. The van der Waals surface area contributed by atoms with Gasteiger partial charge in [0.2, 0.25) is 5.95 Å². The van der Waals surface area contributed by atoms with E-state index in [2.05, 4.69) is 32.2 Å². The van der Waals surface area contributed by atoms with Crippen LogP contribution < -0.4 is 20.3 Å². The number of pyridine rings is 1. The molecule has 3 N–H and O–H groups in total. The molecule has 1 aromatic carbocycles. The van der Waals surface area contributed by atoms with Crippen molar-refractivity contribution in [2.24, 2.45) is 11.8 Å². The second-order valence-electron chi connectivity index (χ2n) is 10.7. The molecule has 4 heterocycles. The number of hydrogen-bond donors (Lipinski definition) is 3. The second kappa shape index (κ2) is 13.7. The summed E-state index contributed by atoms with van der Waals surface area (Å²) in [5.74, 6) is 1.66. The highest BCUT2D eigenvalue weighted by molar-refractivity contribution is 7.21. The highest BCUT2D eigenvalue weighted by Crippen LogP contribution is 2.36. The maximum absolute atomic E-state index is 12.5. The van der Waals surface area contributed by atoms with Crippen LogP contribution in [0.3, 0.4) is 0 Å². The van der Waals surface area contributed by atoms with Crippen LogP contribution in [0, 0.1) is 18.8 Å². The Morgan fingerprint density at radius 2 is 1.86 bits per heavy atom. The summed E-state index contributed by atoms with van der Waals surface area (Å²) < 4.78 is 42.4. The quantitative estimate of drug-likeness (QED) is 0.165. The Kier molecular flexibility index (Phi) is 9.81. The van der Waals surface area contributed by atoms with Crippen molar-refractivity contribution in [3.8, 4) is 16.3 Å². The molecule has 13 heteroatoms. The first kappa shape index (κ1) is 30.7. The molecule has 1 atom stereocenters. The van der Waals surface area contributed by atoms with Gasteiger partial charge in [0.05, 0.1) is 22.2 Å². The molecule has 43 heavy (non-hydrogen) atoms. The number of aliphatic hydroxyl groups is 1. The minimum Gasteiger partial charge on any atom is -0.406 e. The van der Waals surface area contributed by atoms with Crippen molar-refractivity contribution >= 4 is 39.0 Å². The molecule has 0 amide bonds. The van der Waals surface area contributed by atoms with Gasteiger partial charge < -0.3 is 25.4 Å². The zero-order valence-corrected chi connectivity index (χ0v) is 25.0. The first-order chi connectivity index (χ1) is 20.7. The maximum Gasteiger partial charge on any atom is 0.573 e. The fourth-order valence-corrected chi connectivity index (χ4v) is 6.26. The van der Waals surface area contributed by atoms with Gasteiger partial charge in [-0.2, -0.15) is 4.98 Å². The number of rotatable bonds is 12. The summed E-state index contributed by atoms with van der Waals surface area (Å²) >= 11 is 1.58. The molecule has 0 bridgehead atoms. The van der Waals surface area contributed by atoms with E-state index in [0.29, 0.717) is 30.8 Å². The van der Waals surface area contributed by atoms with E-state index in [-0.39, 0.29) is 18.3 Å². The molecule has 9 nitrogen and oxygen atoms in total. The summed E-state index contributed by atoms with van der Waals surface area (Å²) in [6.45, 7) is 7.16. The standard InChI is InChI=1S/C30H36F3N7O2S/c1-3-20(18-41)8-13-35-27-26(28-38-24-17-34-12-9-25(24)43-28)19(2)37-29(39-27)36-16-21-10-14-40(15-11-21)22-4-6-23(7-5-22)42-30(31,32)33/h4-7,9,12,17,20-21,41H,3,8,10-11,13-16,18H2,1-2H3,(H2,35,36,37,39). The van der Waals surface area contributed by atoms with Crippen LogP contribution in [0.25, 0.3) is 20.8 Å². The zero-order valence-electron chi connectivity index (χ0n) is 24.2. The van der Waals surface area contributed by atoms with Crippen LogP contribution in [-0.2, 0) is 0 Å².